The van der Waals surface area contributed by atoms with Gasteiger partial charge in [-0.05, 0) is 37.0 Å². The predicted molar refractivity (Wildman–Crippen MR) is 101 cm³/mol. The van der Waals surface area contributed by atoms with E-state index in [2.05, 4.69) is 0 Å². The van der Waals surface area contributed by atoms with Crippen molar-refractivity contribution in [3.63, 3.8) is 0 Å². The predicted octanol–water partition coefficient (Wildman–Crippen LogP) is 2.88. The Labute approximate surface area is 156 Å². The normalized spacial score (nSPS) is 19.1. The molecule has 142 valence electrons. The van der Waals surface area contributed by atoms with Crippen LogP contribution in [-0.4, -0.2) is 54.9 Å². The summed E-state index contributed by atoms with van der Waals surface area (Å²) in [5.74, 6) is 1.43. The summed E-state index contributed by atoms with van der Waals surface area (Å²) in [6.07, 6.45) is 6.93. The van der Waals surface area contributed by atoms with Crippen LogP contribution in [0.1, 0.15) is 44.1 Å². The van der Waals surface area contributed by atoms with E-state index in [1.165, 1.54) is 19.3 Å². The second-order valence-electron chi connectivity index (χ2n) is 7.42. The maximum atomic E-state index is 12.8. The lowest BCUT2D eigenvalue weighted by Crippen LogP contribution is -2.40. The first-order valence-electron chi connectivity index (χ1n) is 9.87. The van der Waals surface area contributed by atoms with Crippen molar-refractivity contribution in [2.24, 2.45) is 5.92 Å². The fraction of sp³-hybridized carbons (Fsp3) is 0.619. The molecule has 1 aliphatic carbocycles. The summed E-state index contributed by atoms with van der Waals surface area (Å²) in [4.78, 5) is 29.3. The van der Waals surface area contributed by atoms with Gasteiger partial charge >= 0.3 is 0 Å². The van der Waals surface area contributed by atoms with Gasteiger partial charge in [-0.1, -0.05) is 31.4 Å². The molecule has 5 nitrogen and oxygen atoms in total. The van der Waals surface area contributed by atoms with Crippen molar-refractivity contribution >= 4 is 11.8 Å². The molecule has 1 saturated carbocycles. The number of methoxy groups -OCH3 is 1. The molecule has 0 radical (unpaired) electrons. The number of hydrogen-bond acceptors (Lipinski definition) is 3. The molecule has 1 aliphatic heterocycles. The van der Waals surface area contributed by atoms with Crippen LogP contribution in [0.2, 0.25) is 0 Å². The third-order valence-electron chi connectivity index (χ3n) is 5.60. The van der Waals surface area contributed by atoms with Crippen LogP contribution in [-0.2, 0) is 16.0 Å². The zero-order valence-electron chi connectivity index (χ0n) is 15.8. The van der Waals surface area contributed by atoms with Gasteiger partial charge in [0.2, 0.25) is 11.8 Å². The second-order valence-corrected chi connectivity index (χ2v) is 7.42. The summed E-state index contributed by atoms with van der Waals surface area (Å²) >= 11 is 0. The van der Waals surface area contributed by atoms with E-state index >= 15 is 0 Å². The van der Waals surface area contributed by atoms with Crippen molar-refractivity contribution in [1.29, 1.82) is 0 Å². The molecule has 26 heavy (non-hydrogen) atoms. The van der Waals surface area contributed by atoms with Crippen LogP contribution < -0.4 is 4.74 Å². The van der Waals surface area contributed by atoms with Gasteiger partial charge in [0, 0.05) is 32.1 Å². The summed E-state index contributed by atoms with van der Waals surface area (Å²) in [7, 11) is 1.63. The van der Waals surface area contributed by atoms with E-state index in [9.17, 15) is 9.59 Å². The highest BCUT2D eigenvalue weighted by molar-refractivity contribution is 5.80. The average molecular weight is 358 g/mol. The molecule has 0 unspecified atom stereocenters. The molecule has 1 heterocycles. The third-order valence-corrected chi connectivity index (χ3v) is 5.60. The van der Waals surface area contributed by atoms with E-state index in [4.69, 9.17) is 4.74 Å². The van der Waals surface area contributed by atoms with Gasteiger partial charge < -0.3 is 14.5 Å². The number of rotatable bonds is 4. The third kappa shape index (κ3) is 4.77. The summed E-state index contributed by atoms with van der Waals surface area (Å²) in [6.45, 7) is 2.82. The Kier molecular flexibility index (Phi) is 6.53. The Hall–Kier alpha value is -2.04. The van der Waals surface area contributed by atoms with E-state index in [1.54, 1.807) is 7.11 Å². The van der Waals surface area contributed by atoms with Crippen molar-refractivity contribution in [2.75, 3.05) is 33.3 Å². The minimum absolute atomic E-state index is 0.130. The van der Waals surface area contributed by atoms with E-state index < -0.39 is 0 Å². The maximum absolute atomic E-state index is 12.8. The highest BCUT2D eigenvalue weighted by Crippen LogP contribution is 2.26. The molecular weight excluding hydrogens is 328 g/mol. The number of hydrogen-bond donors (Lipinski definition) is 0. The quantitative estimate of drug-likeness (QED) is 0.832. The minimum Gasteiger partial charge on any atom is -0.497 e. The Bertz CT molecular complexity index is 625. The van der Waals surface area contributed by atoms with Crippen LogP contribution in [0.15, 0.2) is 24.3 Å². The number of carbonyl (C=O) groups excluding carboxylic acids is 2. The Morgan fingerprint density at radius 3 is 2.50 bits per heavy atom. The van der Waals surface area contributed by atoms with Gasteiger partial charge in [0.25, 0.3) is 0 Å². The van der Waals surface area contributed by atoms with Gasteiger partial charge in [0.1, 0.15) is 5.75 Å². The molecule has 2 fully saturated rings. The molecule has 2 amide bonds. The molecule has 1 aromatic carbocycles. The number of benzene rings is 1. The first kappa shape index (κ1) is 18.7. The van der Waals surface area contributed by atoms with Crippen LogP contribution in [0.25, 0.3) is 0 Å². The van der Waals surface area contributed by atoms with Crippen LogP contribution in [0.3, 0.4) is 0 Å². The van der Waals surface area contributed by atoms with Crippen LogP contribution in [0.4, 0.5) is 0 Å². The summed E-state index contributed by atoms with van der Waals surface area (Å²) < 4.78 is 5.23. The van der Waals surface area contributed by atoms with Gasteiger partial charge in [-0.2, -0.15) is 0 Å². The van der Waals surface area contributed by atoms with Crippen molar-refractivity contribution < 1.29 is 14.3 Å². The highest BCUT2D eigenvalue weighted by Gasteiger charge is 2.28. The average Bonchev–Trinajstić information content (AvgIpc) is 2.94. The summed E-state index contributed by atoms with van der Waals surface area (Å²) in [6, 6.07) is 7.66. The van der Waals surface area contributed by atoms with Crippen LogP contribution in [0, 0.1) is 5.92 Å². The number of carbonyl (C=O) groups is 2. The Morgan fingerprint density at radius 2 is 1.73 bits per heavy atom. The number of amides is 2. The first-order chi connectivity index (χ1) is 12.7. The lowest BCUT2D eigenvalue weighted by atomic mass is 9.88. The molecule has 0 aromatic heterocycles. The number of nitrogens with zero attached hydrogens (tertiary/aromatic N) is 2. The van der Waals surface area contributed by atoms with Crippen LogP contribution >= 0.6 is 0 Å². The Morgan fingerprint density at radius 1 is 1.00 bits per heavy atom. The molecule has 0 N–H and O–H groups in total. The molecule has 5 heteroatoms. The van der Waals surface area contributed by atoms with Crippen molar-refractivity contribution in [2.45, 2.75) is 44.9 Å². The summed E-state index contributed by atoms with van der Waals surface area (Å²) in [5, 5.41) is 0. The van der Waals surface area contributed by atoms with Gasteiger partial charge in [0.05, 0.1) is 13.5 Å². The molecule has 0 spiro atoms. The fourth-order valence-electron chi connectivity index (χ4n) is 4.06. The van der Waals surface area contributed by atoms with E-state index in [0.717, 1.165) is 43.7 Å². The Balaban J connectivity index is 1.54. The zero-order valence-corrected chi connectivity index (χ0v) is 15.8. The molecule has 0 atom stereocenters. The highest BCUT2D eigenvalue weighted by atomic mass is 16.5. The molecule has 3 rings (SSSR count). The second kappa shape index (κ2) is 9.06. The molecule has 0 bridgehead atoms. The van der Waals surface area contributed by atoms with E-state index in [-0.39, 0.29) is 11.8 Å². The smallest absolute Gasteiger partial charge is 0.227 e. The summed E-state index contributed by atoms with van der Waals surface area (Å²) in [5.41, 5.74) is 0.966. The van der Waals surface area contributed by atoms with Gasteiger partial charge in [-0.3, -0.25) is 9.59 Å². The standard InChI is InChI=1S/C21H30N2O3/c1-26-19-10-5-7-17(15-19)16-20(24)22-11-6-12-23(14-13-22)21(25)18-8-3-2-4-9-18/h5,7,10,15,18H,2-4,6,8-9,11-14,16H2,1H3. The maximum Gasteiger partial charge on any atom is 0.227 e. The molecule has 2 aliphatic rings. The number of ether oxygens (including phenoxy) is 1. The van der Waals surface area contributed by atoms with Crippen molar-refractivity contribution in [3.8, 4) is 5.75 Å². The minimum atomic E-state index is 0.130. The van der Waals surface area contributed by atoms with E-state index in [1.807, 2.05) is 34.1 Å². The van der Waals surface area contributed by atoms with Gasteiger partial charge in [-0.25, -0.2) is 0 Å². The molecule has 1 saturated heterocycles. The molecule has 1 aromatic rings. The van der Waals surface area contributed by atoms with Gasteiger partial charge in [0.15, 0.2) is 0 Å². The lowest BCUT2D eigenvalue weighted by molar-refractivity contribution is -0.137. The van der Waals surface area contributed by atoms with Crippen molar-refractivity contribution in [3.05, 3.63) is 29.8 Å². The first-order valence-corrected chi connectivity index (χ1v) is 9.87. The monoisotopic (exact) mass is 358 g/mol. The lowest BCUT2D eigenvalue weighted by Gasteiger charge is -2.28. The largest absolute Gasteiger partial charge is 0.497 e. The van der Waals surface area contributed by atoms with E-state index in [0.29, 0.717) is 25.4 Å². The fourth-order valence-corrected chi connectivity index (χ4v) is 4.06. The van der Waals surface area contributed by atoms with Crippen LogP contribution in [0.5, 0.6) is 5.75 Å². The van der Waals surface area contributed by atoms with Crippen molar-refractivity contribution in [1.82, 2.24) is 9.80 Å². The SMILES string of the molecule is COc1cccc(CC(=O)N2CCCN(C(=O)C3CCCCC3)CC2)c1. The zero-order chi connectivity index (χ0) is 18.4. The molecular formula is C21H30N2O3. The van der Waals surface area contributed by atoms with Gasteiger partial charge in [-0.15, -0.1) is 0 Å². The topological polar surface area (TPSA) is 49.9 Å².